The van der Waals surface area contributed by atoms with Gasteiger partial charge in [-0.05, 0) is 31.5 Å². The van der Waals surface area contributed by atoms with Gasteiger partial charge in [0.1, 0.15) is 0 Å². The van der Waals surface area contributed by atoms with Crippen molar-refractivity contribution in [1.29, 1.82) is 0 Å². The number of alkyl halides is 1. The van der Waals surface area contributed by atoms with Crippen LogP contribution >= 0.6 is 23.2 Å². The van der Waals surface area contributed by atoms with Crippen molar-refractivity contribution < 1.29 is 0 Å². The maximum Gasteiger partial charge on any atom is 0.0438 e. The third kappa shape index (κ3) is 4.32. The van der Waals surface area contributed by atoms with Crippen LogP contribution in [0, 0.1) is 0 Å². The van der Waals surface area contributed by atoms with Gasteiger partial charge in [0.05, 0.1) is 0 Å². The zero-order chi connectivity index (χ0) is 10.4. The zero-order valence-electron chi connectivity index (χ0n) is 8.26. The summed E-state index contributed by atoms with van der Waals surface area (Å²) in [5.41, 5.74) is 1.18. The third-order valence-electron chi connectivity index (χ3n) is 1.95. The lowest BCUT2D eigenvalue weighted by Gasteiger charge is -2.07. The Bertz CT molecular complexity index is 274. The van der Waals surface area contributed by atoms with Crippen LogP contribution in [-0.2, 0) is 6.42 Å². The van der Waals surface area contributed by atoms with Crippen molar-refractivity contribution in [3.05, 3.63) is 34.9 Å². The normalized spacial score (nSPS) is 12.8. The highest BCUT2D eigenvalue weighted by molar-refractivity contribution is 6.31. The van der Waals surface area contributed by atoms with E-state index in [1.807, 2.05) is 31.2 Å². The van der Waals surface area contributed by atoms with Crippen LogP contribution < -0.4 is 5.32 Å². The molecule has 0 bridgehead atoms. The molecule has 0 aliphatic rings. The van der Waals surface area contributed by atoms with Crippen LogP contribution in [0.1, 0.15) is 12.5 Å². The number of halogens is 2. The second kappa shape index (κ2) is 6.28. The summed E-state index contributed by atoms with van der Waals surface area (Å²) < 4.78 is 0. The average Bonchev–Trinajstić information content (AvgIpc) is 2.15. The van der Waals surface area contributed by atoms with Crippen molar-refractivity contribution in [2.24, 2.45) is 0 Å². The van der Waals surface area contributed by atoms with Crippen LogP contribution in [0.3, 0.4) is 0 Å². The molecule has 0 aliphatic heterocycles. The Labute approximate surface area is 95.4 Å². The van der Waals surface area contributed by atoms with Gasteiger partial charge in [-0.2, -0.15) is 0 Å². The number of hydrogen-bond donors (Lipinski definition) is 1. The van der Waals surface area contributed by atoms with Gasteiger partial charge in [-0.15, -0.1) is 11.6 Å². The molecule has 0 aliphatic carbocycles. The lowest BCUT2D eigenvalue weighted by Crippen LogP contribution is -2.23. The molecule has 1 N–H and O–H groups in total. The third-order valence-corrected chi connectivity index (χ3v) is 2.48. The monoisotopic (exact) mass is 231 g/mol. The Kier molecular flexibility index (Phi) is 5.31. The Morgan fingerprint density at radius 3 is 2.71 bits per heavy atom. The van der Waals surface area contributed by atoms with E-state index >= 15 is 0 Å². The van der Waals surface area contributed by atoms with Crippen LogP contribution in [0.5, 0.6) is 0 Å². The van der Waals surface area contributed by atoms with E-state index in [1.54, 1.807) is 0 Å². The fraction of sp³-hybridized carbons (Fsp3) is 0.455. The molecule has 1 rings (SSSR count). The molecule has 3 heteroatoms. The summed E-state index contributed by atoms with van der Waals surface area (Å²) in [6.07, 6.45) is 0.948. The van der Waals surface area contributed by atoms with Crippen LogP contribution in [0.15, 0.2) is 24.3 Å². The number of hydrogen-bond acceptors (Lipinski definition) is 1. The lowest BCUT2D eigenvalue weighted by atomic mass is 10.1. The molecular weight excluding hydrogens is 217 g/mol. The first-order valence-electron chi connectivity index (χ1n) is 4.78. The van der Waals surface area contributed by atoms with Gasteiger partial charge in [0.15, 0.2) is 0 Å². The Morgan fingerprint density at radius 2 is 2.07 bits per heavy atom. The summed E-state index contributed by atoms with van der Waals surface area (Å²) in [4.78, 5) is 0. The first kappa shape index (κ1) is 11.8. The molecule has 0 saturated carbocycles. The minimum absolute atomic E-state index is 0.182. The molecule has 0 radical (unpaired) electrons. The molecular formula is C11H15Cl2N. The maximum atomic E-state index is 6.01. The Morgan fingerprint density at radius 1 is 1.36 bits per heavy atom. The molecule has 1 aromatic carbocycles. The molecule has 1 atom stereocenters. The molecule has 0 spiro atoms. The molecule has 0 heterocycles. The van der Waals surface area contributed by atoms with E-state index in [-0.39, 0.29) is 5.38 Å². The van der Waals surface area contributed by atoms with E-state index in [1.165, 1.54) is 5.56 Å². The van der Waals surface area contributed by atoms with E-state index in [9.17, 15) is 0 Å². The van der Waals surface area contributed by atoms with Gasteiger partial charge in [0.2, 0.25) is 0 Å². The molecule has 1 nitrogen and oxygen atoms in total. The molecule has 0 fully saturated rings. The molecule has 14 heavy (non-hydrogen) atoms. The smallest absolute Gasteiger partial charge is 0.0438 e. The van der Waals surface area contributed by atoms with E-state index < -0.39 is 0 Å². The van der Waals surface area contributed by atoms with E-state index in [0.29, 0.717) is 0 Å². The summed E-state index contributed by atoms with van der Waals surface area (Å²) in [6.45, 7) is 3.73. The Hall–Kier alpha value is -0.240. The van der Waals surface area contributed by atoms with Crippen molar-refractivity contribution in [2.45, 2.75) is 18.7 Å². The number of nitrogens with one attached hydrogen (secondary N) is 1. The van der Waals surface area contributed by atoms with Crippen LogP contribution in [0.25, 0.3) is 0 Å². The second-order valence-corrected chi connectivity index (χ2v) is 4.48. The molecule has 1 aromatic rings. The first-order valence-corrected chi connectivity index (χ1v) is 5.60. The SMILES string of the molecule is CC(Cl)CNCCc1ccccc1Cl. The second-order valence-electron chi connectivity index (χ2n) is 3.33. The zero-order valence-corrected chi connectivity index (χ0v) is 9.78. The summed E-state index contributed by atoms with van der Waals surface area (Å²) in [7, 11) is 0. The largest absolute Gasteiger partial charge is 0.315 e. The van der Waals surface area contributed by atoms with Gasteiger partial charge in [-0.1, -0.05) is 29.8 Å². The molecule has 0 aromatic heterocycles. The van der Waals surface area contributed by atoms with Crippen molar-refractivity contribution in [3.63, 3.8) is 0 Å². The van der Waals surface area contributed by atoms with Crippen LogP contribution in [0.2, 0.25) is 5.02 Å². The Balaban J connectivity index is 2.28. The van der Waals surface area contributed by atoms with Crippen LogP contribution in [-0.4, -0.2) is 18.5 Å². The molecule has 78 valence electrons. The van der Waals surface area contributed by atoms with Gasteiger partial charge in [-0.25, -0.2) is 0 Å². The highest BCUT2D eigenvalue weighted by atomic mass is 35.5. The maximum absolute atomic E-state index is 6.01. The van der Waals surface area contributed by atoms with Crippen molar-refractivity contribution in [3.8, 4) is 0 Å². The highest BCUT2D eigenvalue weighted by Crippen LogP contribution is 2.14. The van der Waals surface area contributed by atoms with E-state index in [4.69, 9.17) is 23.2 Å². The molecule has 0 saturated heterocycles. The van der Waals surface area contributed by atoms with Gasteiger partial charge in [0.25, 0.3) is 0 Å². The van der Waals surface area contributed by atoms with Crippen molar-refractivity contribution in [1.82, 2.24) is 5.32 Å². The van der Waals surface area contributed by atoms with E-state index in [2.05, 4.69) is 5.32 Å². The summed E-state index contributed by atoms with van der Waals surface area (Å²) in [6, 6.07) is 7.92. The number of benzene rings is 1. The summed E-state index contributed by atoms with van der Waals surface area (Å²) >= 11 is 11.8. The van der Waals surface area contributed by atoms with Gasteiger partial charge in [-0.3, -0.25) is 0 Å². The van der Waals surface area contributed by atoms with Gasteiger partial charge >= 0.3 is 0 Å². The lowest BCUT2D eigenvalue weighted by molar-refractivity contribution is 0.675. The van der Waals surface area contributed by atoms with Crippen molar-refractivity contribution >= 4 is 23.2 Å². The molecule has 0 amide bonds. The van der Waals surface area contributed by atoms with Crippen LogP contribution in [0.4, 0.5) is 0 Å². The highest BCUT2D eigenvalue weighted by Gasteiger charge is 1.99. The van der Waals surface area contributed by atoms with Crippen molar-refractivity contribution in [2.75, 3.05) is 13.1 Å². The minimum Gasteiger partial charge on any atom is -0.315 e. The first-order chi connectivity index (χ1) is 6.70. The standard InChI is InChI=1S/C11H15Cl2N/c1-9(12)8-14-7-6-10-4-2-3-5-11(10)13/h2-5,9,14H,6-8H2,1H3. The predicted octanol–water partition coefficient (Wildman–Crippen LogP) is 3.10. The fourth-order valence-corrected chi connectivity index (χ4v) is 1.56. The average molecular weight is 232 g/mol. The van der Waals surface area contributed by atoms with E-state index in [0.717, 1.165) is 24.5 Å². The molecule has 1 unspecified atom stereocenters. The van der Waals surface area contributed by atoms with Gasteiger partial charge in [0, 0.05) is 16.9 Å². The fourth-order valence-electron chi connectivity index (χ4n) is 1.23. The quantitative estimate of drug-likeness (QED) is 0.607. The summed E-state index contributed by atoms with van der Waals surface area (Å²) in [5, 5.41) is 4.29. The number of rotatable bonds is 5. The van der Waals surface area contributed by atoms with Gasteiger partial charge < -0.3 is 5.32 Å². The minimum atomic E-state index is 0.182. The summed E-state index contributed by atoms with van der Waals surface area (Å²) in [5.74, 6) is 0. The topological polar surface area (TPSA) is 12.0 Å². The predicted molar refractivity (Wildman–Crippen MR) is 63.3 cm³/mol.